The molecule has 0 atom stereocenters. The van der Waals surface area contributed by atoms with Gasteiger partial charge in [-0.15, -0.1) is 0 Å². The van der Waals surface area contributed by atoms with E-state index in [0.717, 1.165) is 33.4 Å². The van der Waals surface area contributed by atoms with Crippen LogP contribution < -0.4 is 18.1 Å². The Bertz CT molecular complexity index is 1670. The minimum absolute atomic E-state index is 0.0576. The van der Waals surface area contributed by atoms with Crippen molar-refractivity contribution in [3.05, 3.63) is 77.7 Å². The SMILES string of the molecule is Cc1cc2c(c(C(C)(C)C)c1)OP1(N(C(C)(C)C)C(C)(C)C)(Oc3c(cc(C)cc3C(C)(C)C)C2)Oc2c(Cl)c(Cl)c(Cl)c(Cl)c2O1. The fraction of sp³-hybridized carbons (Fsp3) is 0.514. The molecule has 0 saturated heterocycles. The Morgan fingerprint density at radius 1 is 0.511 bits per heavy atom. The minimum atomic E-state index is -5.22. The molecule has 5 nitrogen and oxygen atoms in total. The van der Waals surface area contributed by atoms with E-state index < -0.39 is 18.7 Å². The summed E-state index contributed by atoms with van der Waals surface area (Å²) in [5, 5.41) is 0.245. The third kappa shape index (κ3) is 6.10. The van der Waals surface area contributed by atoms with Gasteiger partial charge in [-0.2, -0.15) is 0 Å². The van der Waals surface area contributed by atoms with E-state index >= 15 is 0 Å². The summed E-state index contributed by atoms with van der Waals surface area (Å²) in [5.41, 5.74) is 4.25. The van der Waals surface area contributed by atoms with Crippen molar-refractivity contribution in [2.45, 2.75) is 125 Å². The van der Waals surface area contributed by atoms with Gasteiger partial charge in [-0.3, -0.25) is 0 Å². The molecule has 47 heavy (non-hydrogen) atoms. The van der Waals surface area contributed by atoms with E-state index in [1.165, 1.54) is 0 Å². The van der Waals surface area contributed by atoms with Crippen LogP contribution in [-0.2, 0) is 17.3 Å². The molecule has 0 aliphatic carbocycles. The number of rotatable bonds is 1. The van der Waals surface area contributed by atoms with Gasteiger partial charge in [-0.25, -0.2) is 0 Å². The first kappa shape index (κ1) is 36.7. The quantitative estimate of drug-likeness (QED) is 0.141. The van der Waals surface area contributed by atoms with Crippen LogP contribution in [0.2, 0.25) is 20.1 Å². The maximum atomic E-state index is 7.61. The van der Waals surface area contributed by atoms with Crippen LogP contribution in [0.15, 0.2) is 24.3 Å². The monoisotopic (exact) mass is 741 g/mol. The molecular weight excluding hydrogens is 695 g/mol. The first-order valence-corrected chi connectivity index (χ1v) is 19.3. The molecule has 2 heterocycles. The zero-order chi connectivity index (χ0) is 35.5. The molecule has 0 saturated carbocycles. The number of hydrogen-bond acceptors (Lipinski definition) is 5. The van der Waals surface area contributed by atoms with Crippen LogP contribution >= 0.6 is 54.1 Å². The van der Waals surface area contributed by atoms with Crippen LogP contribution in [0.1, 0.15) is 116 Å². The van der Waals surface area contributed by atoms with E-state index in [-0.39, 0.29) is 42.4 Å². The molecule has 0 radical (unpaired) electrons. The number of nitrogens with zero attached hydrogens (tertiary/aromatic N) is 1. The van der Waals surface area contributed by atoms with Crippen LogP contribution in [0.5, 0.6) is 23.0 Å². The molecule has 1 spiro atoms. The first-order chi connectivity index (χ1) is 21.2. The van der Waals surface area contributed by atoms with Gasteiger partial charge in [-0.05, 0) is 0 Å². The van der Waals surface area contributed by atoms with Crippen molar-refractivity contribution in [1.29, 1.82) is 0 Å². The molecule has 2 aliphatic rings. The van der Waals surface area contributed by atoms with Crippen LogP contribution in [0.25, 0.3) is 0 Å². The van der Waals surface area contributed by atoms with Gasteiger partial charge in [0.25, 0.3) is 0 Å². The van der Waals surface area contributed by atoms with E-state index in [2.05, 4.69) is 126 Å². The molecule has 258 valence electrons. The second-order valence-corrected chi connectivity index (χ2v) is 21.2. The van der Waals surface area contributed by atoms with E-state index in [1.807, 2.05) is 0 Å². The van der Waals surface area contributed by atoms with Gasteiger partial charge in [0.05, 0.1) is 0 Å². The summed E-state index contributed by atoms with van der Waals surface area (Å²) in [6.07, 6.45) is 0.573. The van der Waals surface area contributed by atoms with Crippen molar-refractivity contribution in [1.82, 2.24) is 4.67 Å². The zero-order valence-electron chi connectivity index (χ0n) is 30.1. The van der Waals surface area contributed by atoms with Gasteiger partial charge >= 0.3 is 303 Å². The fourth-order valence-electron chi connectivity index (χ4n) is 7.12. The Hall–Kier alpha value is -1.59. The summed E-state index contributed by atoms with van der Waals surface area (Å²) in [5.74, 6) is 1.53. The molecule has 0 aromatic heterocycles. The van der Waals surface area contributed by atoms with E-state index in [0.29, 0.717) is 17.9 Å². The average Bonchev–Trinajstić information content (AvgIpc) is 3.21. The van der Waals surface area contributed by atoms with Gasteiger partial charge in [0.2, 0.25) is 0 Å². The summed E-state index contributed by atoms with van der Waals surface area (Å²) in [6.45, 7) is 29.8. The molecule has 0 amide bonds. The molecular formula is C37H48Cl4NO4P. The van der Waals surface area contributed by atoms with Crippen molar-refractivity contribution in [3.8, 4) is 23.0 Å². The van der Waals surface area contributed by atoms with Gasteiger partial charge in [0.15, 0.2) is 0 Å². The summed E-state index contributed by atoms with van der Waals surface area (Å²) in [6, 6.07) is 8.70. The average molecular weight is 744 g/mol. The van der Waals surface area contributed by atoms with Crippen molar-refractivity contribution >= 4 is 54.1 Å². The molecule has 0 bridgehead atoms. The van der Waals surface area contributed by atoms with Gasteiger partial charge in [-0.1, -0.05) is 0 Å². The third-order valence-electron chi connectivity index (χ3n) is 8.37. The standard InChI is InChI=1S/C37H48Cl4NO4P/c1-20-15-22-19-23-16-21(2)18-25(35(6,7)8)31(23)44-47(42(36(9,10)11)37(12,13)14,43-30(22)24(17-20)34(3,4)5)45-32-28(40)26(38)27(39)29(41)33(32)46-47/h15-18H,19H2,1-14H3. The second-order valence-electron chi connectivity index (χ2n) is 17.0. The summed E-state index contributed by atoms with van der Waals surface area (Å²) >= 11 is 27.2. The summed E-state index contributed by atoms with van der Waals surface area (Å²) in [7, 11) is -5.22. The Kier molecular flexibility index (Phi) is 8.75. The predicted octanol–water partition coefficient (Wildman–Crippen LogP) is 13.4. The molecule has 0 fully saturated rings. The van der Waals surface area contributed by atoms with Crippen LogP contribution in [0.4, 0.5) is 0 Å². The number of aryl methyl sites for hydroxylation is 2. The van der Waals surface area contributed by atoms with Crippen LogP contribution in [0.3, 0.4) is 0 Å². The number of benzene rings is 3. The van der Waals surface area contributed by atoms with Crippen molar-refractivity contribution in [2.75, 3.05) is 0 Å². The van der Waals surface area contributed by atoms with E-state index in [1.54, 1.807) is 0 Å². The van der Waals surface area contributed by atoms with Crippen molar-refractivity contribution < 1.29 is 18.1 Å². The fourth-order valence-corrected chi connectivity index (χ4v) is 12.6. The molecule has 0 N–H and O–H groups in total. The van der Waals surface area contributed by atoms with Gasteiger partial charge < -0.3 is 0 Å². The second kappa shape index (κ2) is 11.2. The number of hydrogen-bond donors (Lipinski definition) is 0. The molecule has 3 aromatic carbocycles. The first-order valence-electron chi connectivity index (χ1n) is 16.0. The summed E-state index contributed by atoms with van der Waals surface area (Å²) in [4.78, 5) is 0. The number of fused-ring (bicyclic) bond motifs is 3. The molecule has 0 unspecified atom stereocenters. The Morgan fingerprint density at radius 3 is 1.13 bits per heavy atom. The van der Waals surface area contributed by atoms with E-state index in [9.17, 15) is 0 Å². The Balaban J connectivity index is 2.07. The summed E-state index contributed by atoms with van der Waals surface area (Å²) < 4.78 is 31.8. The van der Waals surface area contributed by atoms with Gasteiger partial charge in [0.1, 0.15) is 0 Å². The van der Waals surface area contributed by atoms with Crippen molar-refractivity contribution in [3.63, 3.8) is 0 Å². The molecule has 10 heteroatoms. The van der Waals surface area contributed by atoms with E-state index in [4.69, 9.17) is 64.5 Å². The predicted molar refractivity (Wildman–Crippen MR) is 200 cm³/mol. The normalized spacial score (nSPS) is 18.0. The number of halogens is 4. The maximum absolute atomic E-state index is 7.61. The third-order valence-corrected chi connectivity index (χ3v) is 13.9. The molecule has 5 rings (SSSR count). The van der Waals surface area contributed by atoms with Crippen LogP contribution in [0, 0.1) is 13.8 Å². The van der Waals surface area contributed by atoms with Gasteiger partial charge in [0, 0.05) is 0 Å². The van der Waals surface area contributed by atoms with Crippen molar-refractivity contribution in [2.24, 2.45) is 0 Å². The Labute approximate surface area is 301 Å². The Morgan fingerprint density at radius 2 is 0.830 bits per heavy atom. The molecule has 2 aliphatic heterocycles. The topological polar surface area (TPSA) is 40.2 Å². The van der Waals surface area contributed by atoms with Crippen LogP contribution in [-0.4, -0.2) is 15.7 Å². The zero-order valence-corrected chi connectivity index (χ0v) is 34.0. The molecule has 3 aromatic rings.